The SMILES string of the molecule is CC(C)c1ccc(C(=O)OCC(=O)Nc2ccc(Cl)c(S(=O)(=O)N(C)C)c2)cc1. The van der Waals surface area contributed by atoms with Crippen LogP contribution in [-0.4, -0.2) is 45.3 Å². The van der Waals surface area contributed by atoms with Crippen LogP contribution in [0.4, 0.5) is 5.69 Å². The number of sulfonamides is 1. The van der Waals surface area contributed by atoms with Gasteiger partial charge in [0, 0.05) is 19.8 Å². The maximum atomic E-state index is 12.3. The van der Waals surface area contributed by atoms with Crippen LogP contribution in [0.5, 0.6) is 0 Å². The van der Waals surface area contributed by atoms with E-state index < -0.39 is 28.5 Å². The van der Waals surface area contributed by atoms with Crippen molar-refractivity contribution in [3.05, 3.63) is 58.6 Å². The Balaban J connectivity index is 2.01. The Morgan fingerprint density at radius 2 is 1.72 bits per heavy atom. The zero-order chi connectivity index (χ0) is 21.8. The number of rotatable bonds is 7. The fourth-order valence-electron chi connectivity index (χ4n) is 2.39. The summed E-state index contributed by atoms with van der Waals surface area (Å²) in [7, 11) is -1.01. The normalized spacial score (nSPS) is 11.6. The van der Waals surface area contributed by atoms with Crippen molar-refractivity contribution in [3.63, 3.8) is 0 Å². The van der Waals surface area contributed by atoms with E-state index in [1.165, 1.54) is 32.3 Å². The first-order chi connectivity index (χ1) is 13.5. The highest BCUT2D eigenvalue weighted by Gasteiger charge is 2.21. The first kappa shape index (κ1) is 22.9. The van der Waals surface area contributed by atoms with Crippen LogP contribution in [0.25, 0.3) is 0 Å². The predicted octanol–water partition coefficient (Wildman–Crippen LogP) is 3.51. The Morgan fingerprint density at radius 3 is 2.28 bits per heavy atom. The quantitative estimate of drug-likeness (QED) is 0.668. The fourth-order valence-corrected chi connectivity index (χ4v) is 3.78. The van der Waals surface area contributed by atoms with Crippen molar-refractivity contribution in [2.75, 3.05) is 26.0 Å². The molecule has 0 aliphatic carbocycles. The number of anilines is 1. The molecule has 1 amide bonds. The van der Waals surface area contributed by atoms with Gasteiger partial charge >= 0.3 is 5.97 Å². The van der Waals surface area contributed by atoms with Crippen LogP contribution in [0.3, 0.4) is 0 Å². The molecular formula is C20H23ClN2O5S. The highest BCUT2D eigenvalue weighted by molar-refractivity contribution is 7.89. The highest BCUT2D eigenvalue weighted by Crippen LogP contribution is 2.26. The molecule has 0 aliphatic heterocycles. The second-order valence-electron chi connectivity index (χ2n) is 6.83. The fraction of sp³-hybridized carbons (Fsp3) is 0.300. The van der Waals surface area contributed by atoms with Gasteiger partial charge in [-0.1, -0.05) is 37.6 Å². The van der Waals surface area contributed by atoms with Crippen molar-refractivity contribution in [3.8, 4) is 0 Å². The van der Waals surface area contributed by atoms with Crippen molar-refractivity contribution >= 4 is 39.2 Å². The lowest BCUT2D eigenvalue weighted by Gasteiger charge is -2.14. The number of hydrogen-bond donors (Lipinski definition) is 1. The third-order valence-electron chi connectivity index (χ3n) is 4.12. The van der Waals surface area contributed by atoms with Gasteiger partial charge in [-0.15, -0.1) is 0 Å². The van der Waals surface area contributed by atoms with E-state index in [1.807, 2.05) is 26.0 Å². The molecule has 0 saturated heterocycles. The molecule has 0 aliphatic rings. The summed E-state index contributed by atoms with van der Waals surface area (Å²) in [5.41, 5.74) is 1.65. The van der Waals surface area contributed by atoms with Gasteiger partial charge in [0.15, 0.2) is 6.61 Å². The van der Waals surface area contributed by atoms with Crippen molar-refractivity contribution in [2.45, 2.75) is 24.7 Å². The van der Waals surface area contributed by atoms with Crippen molar-refractivity contribution in [1.82, 2.24) is 4.31 Å². The summed E-state index contributed by atoms with van der Waals surface area (Å²) in [6, 6.07) is 11.0. The highest BCUT2D eigenvalue weighted by atomic mass is 35.5. The van der Waals surface area contributed by atoms with E-state index in [2.05, 4.69) is 5.32 Å². The van der Waals surface area contributed by atoms with Crippen LogP contribution in [0.1, 0.15) is 35.7 Å². The molecule has 2 aromatic rings. The van der Waals surface area contributed by atoms with Crippen LogP contribution < -0.4 is 5.32 Å². The van der Waals surface area contributed by atoms with Crippen LogP contribution in [0, 0.1) is 0 Å². The van der Waals surface area contributed by atoms with Gasteiger partial charge in [0.05, 0.1) is 10.6 Å². The van der Waals surface area contributed by atoms with Crippen LogP contribution >= 0.6 is 11.6 Å². The molecule has 0 spiro atoms. The minimum Gasteiger partial charge on any atom is -0.452 e. The number of carbonyl (C=O) groups is 2. The van der Waals surface area contributed by atoms with Gasteiger partial charge in [0.1, 0.15) is 4.90 Å². The second-order valence-corrected chi connectivity index (χ2v) is 9.36. The Hall–Kier alpha value is -2.42. The Kier molecular flexibility index (Phi) is 7.40. The molecule has 0 atom stereocenters. The molecule has 9 heteroatoms. The van der Waals surface area contributed by atoms with E-state index in [0.29, 0.717) is 11.5 Å². The second kappa shape index (κ2) is 9.39. The zero-order valence-corrected chi connectivity index (χ0v) is 18.2. The molecule has 156 valence electrons. The molecule has 2 rings (SSSR count). The molecule has 29 heavy (non-hydrogen) atoms. The van der Waals surface area contributed by atoms with Gasteiger partial charge in [-0.25, -0.2) is 17.5 Å². The van der Waals surface area contributed by atoms with Crippen LogP contribution in [0.15, 0.2) is 47.4 Å². The average molecular weight is 439 g/mol. The molecule has 0 bridgehead atoms. The average Bonchev–Trinajstić information content (AvgIpc) is 2.67. The van der Waals surface area contributed by atoms with Crippen molar-refractivity contribution in [1.29, 1.82) is 0 Å². The van der Waals surface area contributed by atoms with E-state index in [9.17, 15) is 18.0 Å². The van der Waals surface area contributed by atoms with Gasteiger partial charge in [0.2, 0.25) is 10.0 Å². The molecule has 1 N–H and O–H groups in total. The van der Waals surface area contributed by atoms with Crippen LogP contribution in [0.2, 0.25) is 5.02 Å². The number of nitrogens with zero attached hydrogens (tertiary/aromatic N) is 1. The topological polar surface area (TPSA) is 92.8 Å². The lowest BCUT2D eigenvalue weighted by Crippen LogP contribution is -2.23. The van der Waals surface area contributed by atoms with Crippen molar-refractivity contribution < 1.29 is 22.7 Å². The van der Waals surface area contributed by atoms with E-state index in [0.717, 1.165) is 9.87 Å². The lowest BCUT2D eigenvalue weighted by atomic mass is 10.0. The molecule has 0 heterocycles. The maximum absolute atomic E-state index is 12.3. The van der Waals surface area contributed by atoms with E-state index in [-0.39, 0.29) is 15.6 Å². The molecule has 0 saturated carbocycles. The predicted molar refractivity (Wildman–Crippen MR) is 112 cm³/mol. The number of benzene rings is 2. The lowest BCUT2D eigenvalue weighted by molar-refractivity contribution is -0.119. The Morgan fingerprint density at radius 1 is 1.10 bits per heavy atom. The molecule has 7 nitrogen and oxygen atoms in total. The Labute approximate surface area is 175 Å². The van der Waals surface area contributed by atoms with E-state index in [1.54, 1.807) is 12.1 Å². The summed E-state index contributed by atoms with van der Waals surface area (Å²) in [6.45, 7) is 3.58. The van der Waals surface area contributed by atoms with Gasteiger partial charge in [0.25, 0.3) is 5.91 Å². The smallest absolute Gasteiger partial charge is 0.338 e. The molecule has 2 aromatic carbocycles. The van der Waals surface area contributed by atoms with Gasteiger partial charge in [-0.2, -0.15) is 0 Å². The summed E-state index contributed by atoms with van der Waals surface area (Å²) in [5, 5.41) is 2.53. The molecule has 0 radical (unpaired) electrons. The largest absolute Gasteiger partial charge is 0.452 e. The third-order valence-corrected chi connectivity index (χ3v) is 6.42. The monoisotopic (exact) mass is 438 g/mol. The molecule has 0 aromatic heterocycles. The number of esters is 1. The molecule has 0 fully saturated rings. The number of halogens is 1. The summed E-state index contributed by atoms with van der Waals surface area (Å²) in [6.07, 6.45) is 0. The standard InChI is InChI=1S/C20H23ClN2O5S/c1-13(2)14-5-7-15(8-6-14)20(25)28-12-19(24)22-16-9-10-17(21)18(11-16)29(26,27)23(3)4/h5-11,13H,12H2,1-4H3,(H,22,24). The minimum absolute atomic E-state index is 0.0352. The van der Waals surface area contributed by atoms with E-state index in [4.69, 9.17) is 16.3 Å². The summed E-state index contributed by atoms with van der Waals surface area (Å²) < 4.78 is 30.6. The maximum Gasteiger partial charge on any atom is 0.338 e. The first-order valence-corrected chi connectivity index (χ1v) is 10.6. The van der Waals surface area contributed by atoms with Gasteiger partial charge < -0.3 is 10.1 Å². The summed E-state index contributed by atoms with van der Waals surface area (Å²) >= 11 is 5.97. The number of carbonyl (C=O) groups excluding carboxylic acids is 2. The number of amides is 1. The minimum atomic E-state index is -3.77. The van der Waals surface area contributed by atoms with Crippen molar-refractivity contribution in [2.24, 2.45) is 0 Å². The zero-order valence-electron chi connectivity index (χ0n) is 16.6. The third kappa shape index (κ3) is 5.79. The van der Waals surface area contributed by atoms with E-state index >= 15 is 0 Å². The number of hydrogen-bond acceptors (Lipinski definition) is 5. The number of nitrogens with one attached hydrogen (secondary N) is 1. The van der Waals surface area contributed by atoms with Gasteiger partial charge in [-0.3, -0.25) is 4.79 Å². The molecular weight excluding hydrogens is 416 g/mol. The molecule has 0 unspecified atom stereocenters. The van der Waals surface area contributed by atoms with Gasteiger partial charge in [-0.05, 0) is 41.8 Å². The Bertz CT molecular complexity index is 1000. The first-order valence-electron chi connectivity index (χ1n) is 8.81. The van der Waals surface area contributed by atoms with Crippen LogP contribution in [-0.2, 0) is 19.6 Å². The number of ether oxygens (including phenoxy) is 1. The summed E-state index contributed by atoms with van der Waals surface area (Å²) in [5.74, 6) is -0.887. The summed E-state index contributed by atoms with van der Waals surface area (Å²) in [4.78, 5) is 24.0.